The molecule has 0 saturated carbocycles. The highest BCUT2D eigenvalue weighted by molar-refractivity contribution is 6.30. The van der Waals surface area contributed by atoms with E-state index in [1.165, 1.54) is 13.2 Å². The molecule has 0 heterocycles. The highest BCUT2D eigenvalue weighted by atomic mass is 35.5. The summed E-state index contributed by atoms with van der Waals surface area (Å²) in [4.78, 5) is 0. The molecular formula is C12H13ClF2O. The van der Waals surface area contributed by atoms with Crippen LogP contribution in [0.3, 0.4) is 0 Å². The van der Waals surface area contributed by atoms with Crippen molar-refractivity contribution in [1.82, 2.24) is 0 Å². The Morgan fingerprint density at radius 2 is 2.25 bits per heavy atom. The minimum Gasteiger partial charge on any atom is -0.371 e. The Morgan fingerprint density at radius 3 is 2.75 bits per heavy atom. The highest BCUT2D eigenvalue weighted by Gasteiger charge is 2.37. The van der Waals surface area contributed by atoms with Gasteiger partial charge >= 0.3 is 0 Å². The van der Waals surface area contributed by atoms with Gasteiger partial charge in [0.15, 0.2) is 0 Å². The van der Waals surface area contributed by atoms with Crippen LogP contribution in [0, 0.1) is 0 Å². The summed E-state index contributed by atoms with van der Waals surface area (Å²) in [5.41, 5.74) is 0.474. The van der Waals surface area contributed by atoms with Gasteiger partial charge in [-0.25, -0.2) is 8.78 Å². The third-order valence-corrected chi connectivity index (χ3v) is 2.45. The summed E-state index contributed by atoms with van der Waals surface area (Å²) in [6.45, 7) is 3.33. The molecule has 0 N–H and O–H groups in total. The lowest BCUT2D eigenvalue weighted by molar-refractivity contribution is -0.101. The molecule has 1 aromatic rings. The number of halogens is 3. The number of hydrogen-bond donors (Lipinski definition) is 0. The normalized spacial score (nSPS) is 13.5. The fourth-order valence-electron chi connectivity index (χ4n) is 1.46. The van der Waals surface area contributed by atoms with Crippen molar-refractivity contribution in [1.29, 1.82) is 0 Å². The zero-order valence-corrected chi connectivity index (χ0v) is 9.68. The highest BCUT2D eigenvalue weighted by Crippen LogP contribution is 2.27. The van der Waals surface area contributed by atoms with Gasteiger partial charge in [-0.1, -0.05) is 29.8 Å². The molecule has 0 spiro atoms. The van der Waals surface area contributed by atoms with Gasteiger partial charge in [-0.15, -0.1) is 6.58 Å². The van der Waals surface area contributed by atoms with Crippen molar-refractivity contribution in [2.75, 3.05) is 7.11 Å². The molecular weight excluding hydrogens is 234 g/mol. The smallest absolute Gasteiger partial charge is 0.281 e. The van der Waals surface area contributed by atoms with Crippen LogP contribution in [-0.4, -0.2) is 19.1 Å². The molecule has 0 fully saturated rings. The summed E-state index contributed by atoms with van der Waals surface area (Å²) in [6, 6.07) is 6.41. The molecule has 16 heavy (non-hydrogen) atoms. The standard InChI is InChI=1S/C12H13ClF2O/c1-3-11(16-2)12(14,15)8-9-5-4-6-10(13)7-9/h3-7,11H,1,8H2,2H3. The fraction of sp³-hybridized carbons (Fsp3) is 0.333. The summed E-state index contributed by atoms with van der Waals surface area (Å²) < 4.78 is 32.0. The van der Waals surface area contributed by atoms with Crippen LogP contribution in [0.1, 0.15) is 5.56 Å². The van der Waals surface area contributed by atoms with Crippen LogP contribution in [0.25, 0.3) is 0 Å². The topological polar surface area (TPSA) is 9.23 Å². The number of methoxy groups -OCH3 is 1. The molecule has 1 atom stereocenters. The van der Waals surface area contributed by atoms with Crippen LogP contribution >= 0.6 is 11.6 Å². The molecule has 0 amide bonds. The SMILES string of the molecule is C=CC(OC)C(F)(F)Cc1cccc(Cl)c1. The number of benzene rings is 1. The van der Waals surface area contributed by atoms with E-state index < -0.39 is 18.4 Å². The second-order valence-corrected chi connectivity index (χ2v) is 3.90. The summed E-state index contributed by atoms with van der Waals surface area (Å²) >= 11 is 5.72. The Kier molecular flexibility index (Phi) is 4.44. The second kappa shape index (κ2) is 5.41. The molecule has 0 aliphatic rings. The van der Waals surface area contributed by atoms with E-state index in [-0.39, 0.29) is 0 Å². The van der Waals surface area contributed by atoms with Crippen molar-refractivity contribution >= 4 is 11.6 Å². The lowest BCUT2D eigenvalue weighted by Crippen LogP contribution is -2.35. The van der Waals surface area contributed by atoms with Gasteiger partial charge in [0.25, 0.3) is 5.92 Å². The summed E-state index contributed by atoms with van der Waals surface area (Å²) in [5, 5.41) is 0.445. The monoisotopic (exact) mass is 246 g/mol. The Hall–Kier alpha value is -0.930. The maximum Gasteiger partial charge on any atom is 0.281 e. The van der Waals surface area contributed by atoms with E-state index in [2.05, 4.69) is 11.3 Å². The van der Waals surface area contributed by atoms with Crippen LogP contribution in [0.4, 0.5) is 8.78 Å². The lowest BCUT2D eigenvalue weighted by Gasteiger charge is -2.23. The summed E-state index contributed by atoms with van der Waals surface area (Å²) in [7, 11) is 1.23. The van der Waals surface area contributed by atoms with Crippen molar-refractivity contribution in [3.63, 3.8) is 0 Å². The van der Waals surface area contributed by atoms with E-state index in [1.54, 1.807) is 18.2 Å². The van der Waals surface area contributed by atoms with Gasteiger partial charge in [0, 0.05) is 18.6 Å². The molecule has 4 heteroatoms. The van der Waals surface area contributed by atoms with Crippen molar-refractivity contribution in [3.05, 3.63) is 47.5 Å². The van der Waals surface area contributed by atoms with Crippen LogP contribution in [0.2, 0.25) is 5.02 Å². The summed E-state index contributed by atoms with van der Waals surface area (Å²) in [5.74, 6) is -2.98. The predicted octanol–water partition coefficient (Wildman–Crippen LogP) is 3.72. The van der Waals surface area contributed by atoms with Gasteiger partial charge in [0.05, 0.1) is 0 Å². The van der Waals surface area contributed by atoms with E-state index in [4.69, 9.17) is 11.6 Å². The first kappa shape index (κ1) is 13.1. The number of alkyl halides is 2. The van der Waals surface area contributed by atoms with E-state index >= 15 is 0 Å². The first-order valence-corrected chi connectivity index (χ1v) is 5.15. The van der Waals surface area contributed by atoms with Gasteiger partial charge in [0.2, 0.25) is 0 Å². The third kappa shape index (κ3) is 3.29. The second-order valence-electron chi connectivity index (χ2n) is 3.46. The van der Waals surface area contributed by atoms with E-state index in [9.17, 15) is 8.78 Å². The van der Waals surface area contributed by atoms with Gasteiger partial charge in [-0.3, -0.25) is 0 Å². The minimum absolute atomic E-state index is 0.419. The van der Waals surface area contributed by atoms with Gasteiger partial charge in [0.1, 0.15) is 6.10 Å². The molecule has 0 aliphatic heterocycles. The molecule has 1 unspecified atom stereocenters. The minimum atomic E-state index is -2.98. The maximum atomic E-state index is 13.7. The largest absolute Gasteiger partial charge is 0.371 e. The number of rotatable bonds is 5. The average molecular weight is 247 g/mol. The van der Waals surface area contributed by atoms with Crippen LogP contribution in [-0.2, 0) is 11.2 Å². The maximum absolute atomic E-state index is 13.7. The lowest BCUT2D eigenvalue weighted by atomic mass is 10.0. The molecule has 1 nitrogen and oxygen atoms in total. The van der Waals surface area contributed by atoms with E-state index in [0.717, 1.165) is 6.08 Å². The van der Waals surface area contributed by atoms with Crippen LogP contribution < -0.4 is 0 Å². The molecule has 1 rings (SSSR count). The quantitative estimate of drug-likeness (QED) is 0.720. The first-order valence-electron chi connectivity index (χ1n) is 4.77. The Labute approximate surface area is 98.7 Å². The molecule has 0 bridgehead atoms. The third-order valence-electron chi connectivity index (χ3n) is 2.21. The van der Waals surface area contributed by atoms with E-state index in [1.807, 2.05) is 0 Å². The molecule has 0 radical (unpaired) electrons. The average Bonchev–Trinajstić information content (AvgIpc) is 2.18. The Balaban J connectivity index is 2.83. The molecule has 0 saturated heterocycles. The van der Waals surface area contributed by atoms with Crippen molar-refractivity contribution in [3.8, 4) is 0 Å². The number of ether oxygens (including phenoxy) is 1. The molecule has 88 valence electrons. The Bertz CT molecular complexity index is 366. The molecule has 1 aromatic carbocycles. The number of hydrogen-bond acceptors (Lipinski definition) is 1. The van der Waals surface area contributed by atoms with Gasteiger partial charge in [-0.05, 0) is 17.7 Å². The van der Waals surface area contributed by atoms with Gasteiger partial charge < -0.3 is 4.74 Å². The predicted molar refractivity (Wildman–Crippen MR) is 61.1 cm³/mol. The molecule has 0 aromatic heterocycles. The van der Waals surface area contributed by atoms with E-state index in [0.29, 0.717) is 10.6 Å². The summed E-state index contributed by atoms with van der Waals surface area (Å²) in [6.07, 6.45) is -0.602. The van der Waals surface area contributed by atoms with Crippen molar-refractivity contribution in [2.24, 2.45) is 0 Å². The van der Waals surface area contributed by atoms with Crippen molar-refractivity contribution in [2.45, 2.75) is 18.4 Å². The molecule has 0 aliphatic carbocycles. The Morgan fingerprint density at radius 1 is 1.56 bits per heavy atom. The first-order chi connectivity index (χ1) is 7.49. The zero-order valence-electron chi connectivity index (χ0n) is 8.92. The van der Waals surface area contributed by atoms with Crippen molar-refractivity contribution < 1.29 is 13.5 Å². The fourth-order valence-corrected chi connectivity index (χ4v) is 1.67. The van der Waals surface area contributed by atoms with Crippen LogP contribution in [0.15, 0.2) is 36.9 Å². The zero-order chi connectivity index (χ0) is 12.2. The van der Waals surface area contributed by atoms with Crippen LogP contribution in [0.5, 0.6) is 0 Å². The van der Waals surface area contributed by atoms with Gasteiger partial charge in [-0.2, -0.15) is 0 Å².